The van der Waals surface area contributed by atoms with E-state index in [0.717, 1.165) is 12.8 Å². The van der Waals surface area contributed by atoms with E-state index in [9.17, 15) is 0 Å². The first kappa shape index (κ1) is 20.0. The smallest absolute Gasteiger partial charge is 0.399 e. The lowest BCUT2D eigenvalue weighted by Gasteiger charge is -2.32. The molecular formula is C20H32BBrO2. The predicted molar refractivity (Wildman–Crippen MR) is 107 cm³/mol. The number of unbranched alkanes of at least 4 members (excludes halogenated alkanes) is 2. The number of hydrogen-bond acceptors (Lipinski definition) is 2. The minimum atomic E-state index is -0.295. The van der Waals surface area contributed by atoms with Crippen molar-refractivity contribution < 1.29 is 9.31 Å². The average Bonchev–Trinajstić information content (AvgIpc) is 2.72. The summed E-state index contributed by atoms with van der Waals surface area (Å²) in [6.07, 6.45) is 6.96. The van der Waals surface area contributed by atoms with Crippen LogP contribution in [0.1, 0.15) is 78.4 Å². The average molecular weight is 395 g/mol. The number of aryl methyl sites for hydroxylation is 2. The van der Waals surface area contributed by atoms with E-state index in [1.54, 1.807) is 0 Å². The molecule has 1 heterocycles. The topological polar surface area (TPSA) is 18.5 Å². The molecule has 0 bridgehead atoms. The first-order valence-electron chi connectivity index (χ1n) is 9.38. The Hall–Kier alpha value is -0.315. The Morgan fingerprint density at radius 1 is 0.875 bits per heavy atom. The van der Waals surface area contributed by atoms with E-state index in [1.807, 2.05) is 0 Å². The largest absolute Gasteiger partial charge is 0.495 e. The van der Waals surface area contributed by atoms with E-state index in [2.05, 4.69) is 69.6 Å². The molecule has 0 radical (unpaired) electrons. The van der Waals surface area contributed by atoms with Gasteiger partial charge in [-0.15, -0.1) is 0 Å². The molecule has 2 nitrogen and oxygen atoms in total. The molecule has 1 aliphatic rings. The first-order chi connectivity index (χ1) is 11.2. The lowest BCUT2D eigenvalue weighted by molar-refractivity contribution is 0.00578. The maximum absolute atomic E-state index is 6.33. The van der Waals surface area contributed by atoms with Gasteiger partial charge in [0.1, 0.15) is 0 Å². The van der Waals surface area contributed by atoms with E-state index in [4.69, 9.17) is 9.31 Å². The summed E-state index contributed by atoms with van der Waals surface area (Å²) < 4.78 is 13.9. The van der Waals surface area contributed by atoms with Crippen LogP contribution in [0, 0.1) is 0 Å². The van der Waals surface area contributed by atoms with Crippen LogP contribution in [0.5, 0.6) is 0 Å². The molecule has 1 aliphatic heterocycles. The van der Waals surface area contributed by atoms with Gasteiger partial charge in [0.05, 0.1) is 11.2 Å². The number of rotatable bonds is 7. The van der Waals surface area contributed by atoms with Crippen molar-refractivity contribution in [2.75, 3.05) is 0 Å². The molecule has 1 saturated heterocycles. The molecular weight excluding hydrogens is 363 g/mol. The lowest BCUT2D eigenvalue weighted by atomic mass is 9.74. The minimum Gasteiger partial charge on any atom is -0.399 e. The SMILES string of the molecule is CCCCc1cc(B2OC(C)(C)C(C)(C)O2)c(CCCC)cc1Br. The fraction of sp³-hybridized carbons (Fsp3) is 0.700. The highest BCUT2D eigenvalue weighted by Gasteiger charge is 2.52. The maximum Gasteiger partial charge on any atom is 0.495 e. The third-order valence-corrected chi connectivity index (χ3v) is 6.15. The van der Waals surface area contributed by atoms with Gasteiger partial charge in [-0.3, -0.25) is 0 Å². The zero-order valence-electron chi connectivity index (χ0n) is 16.2. The summed E-state index contributed by atoms with van der Waals surface area (Å²) in [7, 11) is -0.268. The van der Waals surface area contributed by atoms with Crippen molar-refractivity contribution in [3.63, 3.8) is 0 Å². The first-order valence-corrected chi connectivity index (χ1v) is 10.2. The second-order valence-electron chi connectivity index (χ2n) is 7.94. The fourth-order valence-electron chi connectivity index (χ4n) is 3.01. The van der Waals surface area contributed by atoms with Crippen molar-refractivity contribution in [1.29, 1.82) is 0 Å². The molecule has 0 N–H and O–H groups in total. The highest BCUT2D eigenvalue weighted by molar-refractivity contribution is 9.10. The van der Waals surface area contributed by atoms with Crippen molar-refractivity contribution in [2.45, 2.75) is 91.3 Å². The molecule has 1 fully saturated rings. The maximum atomic E-state index is 6.33. The number of benzene rings is 1. The third-order valence-electron chi connectivity index (χ3n) is 5.41. The van der Waals surface area contributed by atoms with Crippen LogP contribution in [0.3, 0.4) is 0 Å². The summed E-state index contributed by atoms with van der Waals surface area (Å²) in [5, 5.41) is 0. The van der Waals surface area contributed by atoms with E-state index in [1.165, 1.54) is 46.7 Å². The van der Waals surface area contributed by atoms with Crippen molar-refractivity contribution in [1.82, 2.24) is 0 Å². The Kier molecular flexibility index (Phi) is 6.61. The standard InChI is InChI=1S/C20H32BBrO2/c1-7-9-11-15-14-18(22)16(12-10-8-2)13-17(15)21-23-19(3,4)20(5,6)24-21/h13-14H,7-12H2,1-6H3. The summed E-state index contributed by atoms with van der Waals surface area (Å²) in [5.74, 6) is 0. The van der Waals surface area contributed by atoms with Crippen molar-refractivity contribution in [3.05, 3.63) is 27.7 Å². The van der Waals surface area contributed by atoms with Crippen LogP contribution in [0.15, 0.2) is 16.6 Å². The molecule has 0 amide bonds. The molecule has 0 aromatic heterocycles. The van der Waals surface area contributed by atoms with Gasteiger partial charge in [-0.1, -0.05) is 48.7 Å². The third kappa shape index (κ3) is 4.26. The highest BCUT2D eigenvalue weighted by atomic mass is 79.9. The van der Waals surface area contributed by atoms with Gasteiger partial charge in [-0.2, -0.15) is 0 Å². The molecule has 0 unspecified atom stereocenters. The quantitative estimate of drug-likeness (QED) is 0.573. The Bertz CT molecular complexity index is 553. The second-order valence-corrected chi connectivity index (χ2v) is 8.79. The molecule has 4 heteroatoms. The summed E-state index contributed by atoms with van der Waals surface area (Å²) in [6, 6.07) is 4.61. The van der Waals surface area contributed by atoms with Crippen LogP contribution >= 0.6 is 15.9 Å². The van der Waals surface area contributed by atoms with Crippen molar-refractivity contribution in [3.8, 4) is 0 Å². The molecule has 0 atom stereocenters. The van der Waals surface area contributed by atoms with Gasteiger partial charge in [0.15, 0.2) is 0 Å². The zero-order chi connectivity index (χ0) is 18.0. The van der Waals surface area contributed by atoms with Gasteiger partial charge in [0, 0.05) is 4.47 Å². The van der Waals surface area contributed by atoms with Crippen LogP contribution in [0.4, 0.5) is 0 Å². The van der Waals surface area contributed by atoms with Gasteiger partial charge in [0.25, 0.3) is 0 Å². The van der Waals surface area contributed by atoms with Gasteiger partial charge in [0.2, 0.25) is 0 Å². The number of hydrogen-bond donors (Lipinski definition) is 0. The number of halogens is 1. The molecule has 0 aliphatic carbocycles. The molecule has 2 rings (SSSR count). The van der Waals surface area contributed by atoms with Crippen LogP contribution in [0.2, 0.25) is 0 Å². The summed E-state index contributed by atoms with van der Waals surface area (Å²) >= 11 is 3.78. The van der Waals surface area contributed by atoms with Gasteiger partial charge < -0.3 is 9.31 Å². The molecule has 1 aromatic carbocycles. The van der Waals surface area contributed by atoms with E-state index in [-0.39, 0.29) is 18.3 Å². The monoisotopic (exact) mass is 394 g/mol. The Morgan fingerprint density at radius 3 is 1.88 bits per heavy atom. The summed E-state index contributed by atoms with van der Waals surface area (Å²) in [5.41, 5.74) is 3.34. The van der Waals surface area contributed by atoms with Crippen molar-refractivity contribution >= 4 is 28.5 Å². The van der Waals surface area contributed by atoms with Crippen LogP contribution in [-0.2, 0) is 22.2 Å². The minimum absolute atomic E-state index is 0.268. The Balaban J connectivity index is 2.38. The molecule has 0 spiro atoms. The van der Waals surface area contributed by atoms with Gasteiger partial charge >= 0.3 is 7.12 Å². The van der Waals surface area contributed by atoms with E-state index in [0.29, 0.717) is 0 Å². The normalized spacial score (nSPS) is 19.0. The second kappa shape index (κ2) is 7.93. The van der Waals surface area contributed by atoms with Crippen molar-refractivity contribution in [2.24, 2.45) is 0 Å². The fourth-order valence-corrected chi connectivity index (χ4v) is 3.60. The van der Waals surface area contributed by atoms with Crippen LogP contribution in [-0.4, -0.2) is 18.3 Å². The Labute approximate surface area is 157 Å². The van der Waals surface area contributed by atoms with Crippen LogP contribution < -0.4 is 5.46 Å². The van der Waals surface area contributed by atoms with E-state index < -0.39 is 0 Å². The molecule has 0 saturated carbocycles. The van der Waals surface area contributed by atoms with E-state index >= 15 is 0 Å². The summed E-state index contributed by atoms with van der Waals surface area (Å²) in [4.78, 5) is 0. The highest BCUT2D eigenvalue weighted by Crippen LogP contribution is 2.37. The van der Waals surface area contributed by atoms with Gasteiger partial charge in [-0.25, -0.2) is 0 Å². The molecule has 1 aromatic rings. The Morgan fingerprint density at radius 2 is 1.38 bits per heavy atom. The molecule has 24 heavy (non-hydrogen) atoms. The summed E-state index contributed by atoms with van der Waals surface area (Å²) in [6.45, 7) is 13.0. The van der Waals surface area contributed by atoms with Crippen LogP contribution in [0.25, 0.3) is 0 Å². The lowest BCUT2D eigenvalue weighted by Crippen LogP contribution is -2.41. The van der Waals surface area contributed by atoms with Gasteiger partial charge in [-0.05, 0) is 76.0 Å². The molecule has 134 valence electrons. The zero-order valence-corrected chi connectivity index (χ0v) is 17.8. The predicted octanol–water partition coefficient (Wildman–Crippen LogP) is 5.43.